The molecule has 2 N–H and O–H groups in total. The quantitative estimate of drug-likeness (QED) is 0.638. The molecule has 2 atom stereocenters. The molecule has 0 amide bonds. The minimum atomic E-state index is -0.0960. The molecule has 2 rings (SSSR count). The van der Waals surface area contributed by atoms with Gasteiger partial charge in [-0.05, 0) is 41.4 Å². The van der Waals surface area contributed by atoms with Crippen LogP contribution in [0.3, 0.4) is 0 Å². The van der Waals surface area contributed by atoms with Gasteiger partial charge in [0.05, 0.1) is 6.33 Å². The number of hydrogen-bond acceptors (Lipinski definition) is 3. The van der Waals surface area contributed by atoms with E-state index < -0.39 is 0 Å². The SMILES string of the molecule is O=c1[nH]cnc(NC2CCCCC2CCl)c1I. The summed E-state index contributed by atoms with van der Waals surface area (Å²) in [5, 5.41) is 3.37. The molecule has 1 aliphatic rings. The molecule has 0 aromatic carbocycles. The monoisotopic (exact) mass is 367 g/mol. The number of halogens is 2. The molecule has 0 bridgehead atoms. The maximum atomic E-state index is 11.5. The maximum Gasteiger partial charge on any atom is 0.266 e. The van der Waals surface area contributed by atoms with E-state index in [-0.39, 0.29) is 5.56 Å². The fourth-order valence-electron chi connectivity index (χ4n) is 2.24. The summed E-state index contributed by atoms with van der Waals surface area (Å²) in [7, 11) is 0. The first-order chi connectivity index (χ1) is 8.22. The number of alkyl halides is 1. The summed E-state index contributed by atoms with van der Waals surface area (Å²) in [4.78, 5) is 18.2. The van der Waals surface area contributed by atoms with Crippen molar-refractivity contribution < 1.29 is 0 Å². The maximum absolute atomic E-state index is 11.5. The van der Waals surface area contributed by atoms with Crippen molar-refractivity contribution >= 4 is 40.0 Å². The standard InChI is InChI=1S/C11H15ClIN3O/c12-5-7-3-1-2-4-8(7)16-10-9(13)11(17)15-6-14-10/h6-8H,1-5H2,(H2,14,15,16,17). The number of H-pyrrole nitrogens is 1. The lowest BCUT2D eigenvalue weighted by atomic mass is 9.86. The molecule has 0 saturated heterocycles. The third-order valence-electron chi connectivity index (χ3n) is 3.23. The number of nitrogens with zero attached hydrogens (tertiary/aromatic N) is 1. The van der Waals surface area contributed by atoms with Crippen LogP contribution >= 0.6 is 34.2 Å². The number of hydrogen-bond donors (Lipinski definition) is 2. The molecule has 1 fully saturated rings. The van der Waals surface area contributed by atoms with Crippen LogP contribution in [0.1, 0.15) is 25.7 Å². The van der Waals surface area contributed by atoms with Gasteiger partial charge in [-0.2, -0.15) is 0 Å². The smallest absolute Gasteiger partial charge is 0.266 e. The van der Waals surface area contributed by atoms with Gasteiger partial charge in [-0.3, -0.25) is 4.79 Å². The fraction of sp³-hybridized carbons (Fsp3) is 0.636. The van der Waals surface area contributed by atoms with Gasteiger partial charge in [-0.25, -0.2) is 4.98 Å². The largest absolute Gasteiger partial charge is 0.366 e. The summed E-state index contributed by atoms with van der Waals surface area (Å²) < 4.78 is 0.615. The molecule has 6 heteroatoms. The molecule has 0 radical (unpaired) electrons. The number of nitrogens with one attached hydrogen (secondary N) is 2. The molecular formula is C11H15ClIN3O. The Balaban J connectivity index is 2.13. The summed E-state index contributed by atoms with van der Waals surface area (Å²) >= 11 is 8.00. The molecule has 1 heterocycles. The van der Waals surface area contributed by atoms with Gasteiger partial charge in [0.1, 0.15) is 9.39 Å². The molecule has 4 nitrogen and oxygen atoms in total. The summed E-state index contributed by atoms with van der Waals surface area (Å²) in [5.74, 6) is 1.82. The van der Waals surface area contributed by atoms with Gasteiger partial charge in [0, 0.05) is 11.9 Å². The van der Waals surface area contributed by atoms with E-state index in [2.05, 4.69) is 15.3 Å². The zero-order valence-corrected chi connectivity index (χ0v) is 12.3. The van der Waals surface area contributed by atoms with E-state index in [1.807, 2.05) is 22.6 Å². The van der Waals surface area contributed by atoms with Crippen molar-refractivity contribution in [3.05, 3.63) is 20.3 Å². The molecule has 2 unspecified atom stereocenters. The van der Waals surface area contributed by atoms with E-state index in [0.717, 1.165) is 12.8 Å². The zero-order chi connectivity index (χ0) is 12.3. The van der Waals surface area contributed by atoms with Gasteiger partial charge in [0.25, 0.3) is 5.56 Å². The van der Waals surface area contributed by atoms with Crippen molar-refractivity contribution in [2.24, 2.45) is 5.92 Å². The van der Waals surface area contributed by atoms with Crippen LogP contribution in [-0.2, 0) is 0 Å². The van der Waals surface area contributed by atoms with Crippen LogP contribution in [0.4, 0.5) is 5.82 Å². The van der Waals surface area contributed by atoms with E-state index in [4.69, 9.17) is 11.6 Å². The molecule has 0 aliphatic heterocycles. The lowest BCUT2D eigenvalue weighted by Gasteiger charge is -2.31. The van der Waals surface area contributed by atoms with Crippen molar-refractivity contribution in [3.8, 4) is 0 Å². The molecule has 1 aromatic heterocycles. The van der Waals surface area contributed by atoms with Crippen LogP contribution in [-0.4, -0.2) is 21.9 Å². The topological polar surface area (TPSA) is 57.8 Å². The van der Waals surface area contributed by atoms with E-state index in [9.17, 15) is 4.79 Å². The molecule has 0 spiro atoms. The van der Waals surface area contributed by atoms with Crippen molar-refractivity contribution in [2.75, 3.05) is 11.2 Å². The third-order valence-corrected chi connectivity index (χ3v) is 4.62. The Morgan fingerprint density at radius 2 is 2.29 bits per heavy atom. The molecular weight excluding hydrogens is 352 g/mol. The predicted octanol–water partition coefficient (Wildman–Crippen LogP) is 2.58. The summed E-state index contributed by atoms with van der Waals surface area (Å²) in [5.41, 5.74) is -0.0960. The predicted molar refractivity (Wildman–Crippen MR) is 77.7 cm³/mol. The van der Waals surface area contributed by atoms with Crippen LogP contribution in [0.25, 0.3) is 0 Å². The summed E-state index contributed by atoms with van der Waals surface area (Å²) in [6, 6.07) is 0.337. The lowest BCUT2D eigenvalue weighted by molar-refractivity contribution is 0.352. The molecule has 94 valence electrons. The Bertz CT molecular complexity index is 437. The van der Waals surface area contributed by atoms with Crippen molar-refractivity contribution in [1.82, 2.24) is 9.97 Å². The van der Waals surface area contributed by atoms with Crippen LogP contribution in [0.5, 0.6) is 0 Å². The van der Waals surface area contributed by atoms with E-state index in [1.54, 1.807) is 0 Å². The number of anilines is 1. The number of aromatic amines is 1. The molecule has 17 heavy (non-hydrogen) atoms. The van der Waals surface area contributed by atoms with E-state index in [0.29, 0.717) is 27.2 Å². The summed E-state index contributed by atoms with van der Waals surface area (Å²) in [6.07, 6.45) is 6.15. The van der Waals surface area contributed by atoms with Crippen LogP contribution < -0.4 is 10.9 Å². The van der Waals surface area contributed by atoms with Gasteiger partial charge < -0.3 is 10.3 Å². The Hall–Kier alpha value is -0.300. The summed E-state index contributed by atoms with van der Waals surface area (Å²) in [6.45, 7) is 0. The molecule has 1 saturated carbocycles. The van der Waals surface area contributed by atoms with Crippen molar-refractivity contribution in [2.45, 2.75) is 31.7 Å². The highest BCUT2D eigenvalue weighted by atomic mass is 127. The van der Waals surface area contributed by atoms with Crippen molar-refractivity contribution in [1.29, 1.82) is 0 Å². The second-order valence-electron chi connectivity index (χ2n) is 4.34. The van der Waals surface area contributed by atoms with E-state index >= 15 is 0 Å². The Kier molecular flexibility index (Phi) is 4.67. The highest BCUT2D eigenvalue weighted by Crippen LogP contribution is 2.28. The number of aromatic nitrogens is 2. The van der Waals surface area contributed by atoms with Gasteiger partial charge in [0.2, 0.25) is 0 Å². The second kappa shape index (κ2) is 6.04. The fourth-order valence-corrected chi connectivity index (χ4v) is 3.06. The first-order valence-corrected chi connectivity index (χ1v) is 7.39. The second-order valence-corrected chi connectivity index (χ2v) is 5.73. The Labute approximate surface area is 119 Å². The Morgan fingerprint density at radius 1 is 1.53 bits per heavy atom. The van der Waals surface area contributed by atoms with Crippen LogP contribution in [0, 0.1) is 9.49 Å². The first-order valence-electron chi connectivity index (χ1n) is 5.78. The Morgan fingerprint density at radius 3 is 3.06 bits per heavy atom. The van der Waals surface area contributed by atoms with Gasteiger partial charge in [-0.15, -0.1) is 11.6 Å². The van der Waals surface area contributed by atoms with Gasteiger partial charge >= 0.3 is 0 Å². The zero-order valence-electron chi connectivity index (χ0n) is 9.38. The third kappa shape index (κ3) is 3.13. The van der Waals surface area contributed by atoms with Gasteiger partial charge in [0.15, 0.2) is 0 Å². The minimum Gasteiger partial charge on any atom is -0.366 e. The van der Waals surface area contributed by atoms with Crippen LogP contribution in [0.15, 0.2) is 11.1 Å². The van der Waals surface area contributed by atoms with Crippen LogP contribution in [0.2, 0.25) is 0 Å². The average molecular weight is 368 g/mol. The minimum absolute atomic E-state index is 0.0960. The lowest BCUT2D eigenvalue weighted by Crippen LogP contribution is -2.34. The highest BCUT2D eigenvalue weighted by Gasteiger charge is 2.25. The number of rotatable bonds is 3. The van der Waals surface area contributed by atoms with Gasteiger partial charge in [-0.1, -0.05) is 12.8 Å². The normalized spacial score (nSPS) is 24.6. The first kappa shape index (κ1) is 13.1. The van der Waals surface area contributed by atoms with Crippen molar-refractivity contribution in [3.63, 3.8) is 0 Å². The average Bonchev–Trinajstić information content (AvgIpc) is 2.35. The van der Waals surface area contributed by atoms with E-state index in [1.165, 1.54) is 19.2 Å². The highest BCUT2D eigenvalue weighted by molar-refractivity contribution is 14.1. The molecule has 1 aliphatic carbocycles. The molecule has 1 aromatic rings.